The van der Waals surface area contributed by atoms with Gasteiger partial charge in [-0.3, -0.25) is 14.2 Å². The van der Waals surface area contributed by atoms with E-state index in [1.807, 2.05) is 36.4 Å². The van der Waals surface area contributed by atoms with Crippen LogP contribution in [-0.2, 0) is 13.1 Å². The van der Waals surface area contributed by atoms with E-state index in [0.717, 1.165) is 28.0 Å². The number of carbonyl (C=O) groups is 1. The van der Waals surface area contributed by atoms with Gasteiger partial charge in [-0.05, 0) is 35.7 Å². The normalized spacial score (nSPS) is 10.6. The summed E-state index contributed by atoms with van der Waals surface area (Å²) in [5.41, 5.74) is 3.59. The third kappa shape index (κ3) is 4.56. The lowest BCUT2D eigenvalue weighted by atomic mass is 10.1. The first-order valence-corrected chi connectivity index (χ1v) is 9.61. The summed E-state index contributed by atoms with van der Waals surface area (Å²) < 4.78 is 1.63. The lowest BCUT2D eigenvalue weighted by Gasteiger charge is -2.08. The Morgan fingerprint density at radius 3 is 2.63 bits per heavy atom. The summed E-state index contributed by atoms with van der Waals surface area (Å²) in [5, 5.41) is 3.47. The first-order chi connectivity index (χ1) is 13.0. The van der Waals surface area contributed by atoms with Gasteiger partial charge in [-0.25, -0.2) is 0 Å². The second-order valence-corrected chi connectivity index (χ2v) is 7.53. The number of amides is 1. The Balaban J connectivity index is 1.74. The molecule has 0 atom stereocenters. The molecule has 3 rings (SSSR count). The van der Waals surface area contributed by atoms with Gasteiger partial charge < -0.3 is 5.32 Å². The minimum Gasteiger partial charge on any atom is -0.347 e. The number of halogens is 1. The van der Waals surface area contributed by atoms with Gasteiger partial charge in [0.25, 0.3) is 5.91 Å². The average Bonchev–Trinajstić information content (AvgIpc) is 2.95. The molecular weight excluding hydrogens is 380 g/mol. The summed E-state index contributed by atoms with van der Waals surface area (Å²) in [7, 11) is 0. The van der Waals surface area contributed by atoms with Crippen LogP contribution in [0.15, 0.2) is 59.9 Å². The van der Waals surface area contributed by atoms with Crippen LogP contribution in [0.25, 0.3) is 6.08 Å². The highest BCUT2D eigenvalue weighted by molar-refractivity contribution is 7.11. The van der Waals surface area contributed by atoms with Crippen molar-refractivity contribution in [2.45, 2.75) is 20.0 Å². The number of benzene rings is 2. The molecule has 0 aliphatic carbocycles. The van der Waals surface area contributed by atoms with Gasteiger partial charge in [0.15, 0.2) is 0 Å². The third-order valence-electron chi connectivity index (χ3n) is 4.25. The number of nitrogens with zero attached hydrogens (tertiary/aromatic N) is 1. The predicted molar refractivity (Wildman–Crippen MR) is 112 cm³/mol. The third-order valence-corrected chi connectivity index (χ3v) is 5.56. The Morgan fingerprint density at radius 2 is 1.96 bits per heavy atom. The number of thiazole rings is 1. The molecule has 0 aliphatic rings. The van der Waals surface area contributed by atoms with Crippen molar-refractivity contribution in [1.29, 1.82) is 0 Å². The Bertz CT molecular complexity index is 1040. The molecule has 0 unspecified atom stereocenters. The second kappa shape index (κ2) is 8.37. The maximum Gasteiger partial charge on any atom is 0.308 e. The molecule has 4 nitrogen and oxygen atoms in total. The summed E-state index contributed by atoms with van der Waals surface area (Å²) in [5.74, 6) is -0.254. The summed E-state index contributed by atoms with van der Waals surface area (Å²) >= 11 is 6.93. The van der Waals surface area contributed by atoms with Crippen molar-refractivity contribution in [3.63, 3.8) is 0 Å². The molecule has 0 spiro atoms. The molecule has 2 aromatic carbocycles. The highest BCUT2D eigenvalue weighted by Gasteiger charge is 2.17. The number of rotatable bonds is 6. The molecule has 0 radical (unpaired) electrons. The van der Waals surface area contributed by atoms with Gasteiger partial charge in [0.05, 0.1) is 6.54 Å². The largest absolute Gasteiger partial charge is 0.347 e. The van der Waals surface area contributed by atoms with Gasteiger partial charge in [0.1, 0.15) is 4.88 Å². The number of hydrogen-bond acceptors (Lipinski definition) is 3. The molecule has 0 saturated carbocycles. The van der Waals surface area contributed by atoms with Crippen molar-refractivity contribution in [1.82, 2.24) is 9.88 Å². The van der Waals surface area contributed by atoms with Gasteiger partial charge in [0, 0.05) is 17.3 Å². The van der Waals surface area contributed by atoms with E-state index in [2.05, 4.69) is 11.9 Å². The molecular formula is C21H19ClN2O2S. The predicted octanol–water partition coefficient (Wildman–Crippen LogP) is 4.49. The highest BCUT2D eigenvalue weighted by atomic mass is 35.5. The summed E-state index contributed by atoms with van der Waals surface area (Å²) in [4.78, 5) is 25.2. The maximum absolute atomic E-state index is 12.5. The van der Waals surface area contributed by atoms with Crippen LogP contribution in [0, 0.1) is 6.92 Å². The molecule has 1 N–H and O–H groups in total. The fourth-order valence-corrected chi connectivity index (χ4v) is 3.84. The van der Waals surface area contributed by atoms with Crippen LogP contribution >= 0.6 is 22.9 Å². The second-order valence-electron chi connectivity index (χ2n) is 6.13. The van der Waals surface area contributed by atoms with E-state index in [9.17, 15) is 9.59 Å². The molecule has 1 heterocycles. The highest BCUT2D eigenvalue weighted by Crippen LogP contribution is 2.15. The topological polar surface area (TPSA) is 51.1 Å². The molecule has 138 valence electrons. The SMILES string of the molecule is C=Cc1ccc(Cn2c(C)c(C(=O)NCc3cccc(Cl)c3)sc2=O)cc1. The van der Waals surface area contributed by atoms with Gasteiger partial charge in [-0.2, -0.15) is 0 Å². The lowest BCUT2D eigenvalue weighted by Crippen LogP contribution is -2.23. The fourth-order valence-electron chi connectivity index (χ4n) is 2.72. The minimum absolute atomic E-state index is 0.145. The molecule has 0 bridgehead atoms. The van der Waals surface area contributed by atoms with Crippen molar-refractivity contribution in [3.8, 4) is 0 Å². The van der Waals surface area contributed by atoms with E-state index < -0.39 is 0 Å². The molecule has 0 fully saturated rings. The van der Waals surface area contributed by atoms with Crippen molar-refractivity contribution in [2.75, 3.05) is 0 Å². The zero-order valence-corrected chi connectivity index (χ0v) is 16.4. The first kappa shape index (κ1) is 19.1. The van der Waals surface area contributed by atoms with E-state index in [-0.39, 0.29) is 10.8 Å². The molecule has 1 aromatic heterocycles. The van der Waals surface area contributed by atoms with E-state index in [4.69, 9.17) is 11.6 Å². The van der Waals surface area contributed by atoms with E-state index in [1.165, 1.54) is 0 Å². The quantitative estimate of drug-likeness (QED) is 0.665. The molecule has 0 aliphatic heterocycles. The van der Waals surface area contributed by atoms with Crippen LogP contribution in [0.2, 0.25) is 5.02 Å². The summed E-state index contributed by atoms with van der Waals surface area (Å²) in [6, 6.07) is 15.1. The van der Waals surface area contributed by atoms with E-state index >= 15 is 0 Å². The monoisotopic (exact) mass is 398 g/mol. The maximum atomic E-state index is 12.5. The summed E-state index contributed by atoms with van der Waals surface area (Å²) in [6.07, 6.45) is 1.77. The van der Waals surface area contributed by atoms with E-state index in [0.29, 0.717) is 28.7 Å². The first-order valence-electron chi connectivity index (χ1n) is 8.42. The smallest absolute Gasteiger partial charge is 0.308 e. The van der Waals surface area contributed by atoms with Crippen LogP contribution in [-0.4, -0.2) is 10.5 Å². The van der Waals surface area contributed by atoms with Crippen LogP contribution in [0.1, 0.15) is 32.1 Å². The minimum atomic E-state index is -0.254. The van der Waals surface area contributed by atoms with Gasteiger partial charge in [-0.1, -0.05) is 72.0 Å². The van der Waals surface area contributed by atoms with Crippen molar-refractivity contribution < 1.29 is 4.79 Å². The van der Waals surface area contributed by atoms with Crippen LogP contribution in [0.3, 0.4) is 0 Å². The lowest BCUT2D eigenvalue weighted by molar-refractivity contribution is 0.0954. The van der Waals surface area contributed by atoms with Crippen LogP contribution < -0.4 is 10.2 Å². The Hall–Kier alpha value is -2.63. The van der Waals surface area contributed by atoms with Crippen molar-refractivity contribution in [3.05, 3.63) is 97.1 Å². The van der Waals surface area contributed by atoms with Crippen molar-refractivity contribution in [2.24, 2.45) is 0 Å². The summed E-state index contributed by atoms with van der Waals surface area (Å²) in [6.45, 7) is 6.32. The van der Waals surface area contributed by atoms with Gasteiger partial charge in [0.2, 0.25) is 0 Å². The van der Waals surface area contributed by atoms with E-state index in [1.54, 1.807) is 29.7 Å². The molecule has 1 amide bonds. The van der Waals surface area contributed by atoms with Crippen molar-refractivity contribution >= 4 is 34.9 Å². The zero-order chi connectivity index (χ0) is 19.4. The Labute approximate surface area is 166 Å². The average molecular weight is 399 g/mol. The fraction of sp³-hybridized carbons (Fsp3) is 0.143. The molecule has 27 heavy (non-hydrogen) atoms. The van der Waals surface area contributed by atoms with Gasteiger partial charge in [-0.15, -0.1) is 0 Å². The Morgan fingerprint density at radius 1 is 1.22 bits per heavy atom. The number of aromatic nitrogens is 1. The van der Waals surface area contributed by atoms with Gasteiger partial charge >= 0.3 is 4.87 Å². The molecule has 6 heteroatoms. The standard InChI is InChI=1S/C21H19ClN2O2S/c1-3-15-7-9-16(10-8-15)13-24-14(2)19(27-21(24)26)20(25)23-12-17-5-4-6-18(22)11-17/h3-11H,1,12-13H2,2H3,(H,23,25). The number of carbonyl (C=O) groups excluding carboxylic acids is 1. The Kier molecular flexibility index (Phi) is 5.94. The zero-order valence-electron chi connectivity index (χ0n) is 14.9. The molecule has 3 aromatic rings. The van der Waals surface area contributed by atoms with Crippen LogP contribution in [0.4, 0.5) is 0 Å². The number of nitrogens with one attached hydrogen (secondary N) is 1. The molecule has 0 saturated heterocycles. The number of hydrogen-bond donors (Lipinski definition) is 1. The van der Waals surface area contributed by atoms with Crippen LogP contribution in [0.5, 0.6) is 0 Å².